The van der Waals surface area contributed by atoms with Gasteiger partial charge in [0, 0.05) is 20.0 Å². The summed E-state index contributed by atoms with van der Waals surface area (Å²) in [5, 5.41) is 2.65. The van der Waals surface area contributed by atoms with Crippen LogP contribution >= 0.6 is 0 Å². The highest BCUT2D eigenvalue weighted by atomic mass is 16.2. The third-order valence-electron chi connectivity index (χ3n) is 5.06. The molecule has 0 saturated heterocycles. The van der Waals surface area contributed by atoms with Crippen molar-refractivity contribution in [2.75, 3.05) is 7.05 Å². The molecule has 0 heterocycles. The van der Waals surface area contributed by atoms with Crippen molar-refractivity contribution in [3.8, 4) is 0 Å². The van der Waals surface area contributed by atoms with Crippen LogP contribution in [0.2, 0.25) is 0 Å². The number of hydrogen-bond acceptors (Lipinski definition) is 2. The summed E-state index contributed by atoms with van der Waals surface area (Å²) in [6, 6.07) is 17.7. The zero-order valence-electron chi connectivity index (χ0n) is 17.7. The van der Waals surface area contributed by atoms with Crippen molar-refractivity contribution in [2.24, 2.45) is 0 Å². The Balaban J connectivity index is 2.08. The molecule has 2 rings (SSSR count). The first kappa shape index (κ1) is 21.7. The van der Waals surface area contributed by atoms with Gasteiger partial charge >= 0.3 is 0 Å². The summed E-state index contributed by atoms with van der Waals surface area (Å²) in [5.74, 6) is -0.168. The highest BCUT2D eigenvalue weighted by Crippen LogP contribution is 2.22. The number of hydrogen-bond donors (Lipinski definition) is 1. The maximum Gasteiger partial charge on any atom is 0.242 e. The molecule has 0 unspecified atom stereocenters. The fourth-order valence-electron chi connectivity index (χ4n) is 3.14. The molecule has 0 aliphatic heterocycles. The number of nitrogens with zero attached hydrogens (tertiary/aromatic N) is 1. The Hall–Kier alpha value is -2.62. The van der Waals surface area contributed by atoms with Gasteiger partial charge in [0.15, 0.2) is 0 Å². The van der Waals surface area contributed by atoms with Gasteiger partial charge < -0.3 is 10.2 Å². The van der Waals surface area contributed by atoms with Crippen molar-refractivity contribution >= 4 is 11.8 Å². The van der Waals surface area contributed by atoms with Crippen molar-refractivity contribution < 1.29 is 9.59 Å². The summed E-state index contributed by atoms with van der Waals surface area (Å²) < 4.78 is 0. The second kappa shape index (κ2) is 9.54. The van der Waals surface area contributed by atoms with E-state index in [-0.39, 0.29) is 17.2 Å². The third kappa shape index (κ3) is 5.95. The Morgan fingerprint density at radius 2 is 1.57 bits per heavy atom. The van der Waals surface area contributed by atoms with Crippen molar-refractivity contribution in [3.63, 3.8) is 0 Å². The zero-order valence-corrected chi connectivity index (χ0v) is 17.7. The highest BCUT2D eigenvalue weighted by Gasteiger charge is 2.25. The van der Waals surface area contributed by atoms with E-state index in [0.29, 0.717) is 19.4 Å². The van der Waals surface area contributed by atoms with Crippen LogP contribution in [0.15, 0.2) is 54.6 Å². The highest BCUT2D eigenvalue weighted by molar-refractivity contribution is 5.87. The van der Waals surface area contributed by atoms with E-state index in [1.807, 2.05) is 30.3 Å². The monoisotopic (exact) mass is 380 g/mol. The molecule has 0 aliphatic carbocycles. The van der Waals surface area contributed by atoms with E-state index in [9.17, 15) is 9.59 Å². The minimum absolute atomic E-state index is 0.0140. The number of rotatable bonds is 7. The second-order valence-electron chi connectivity index (χ2n) is 8.24. The summed E-state index contributed by atoms with van der Waals surface area (Å²) in [7, 11) is 1.60. The number of aryl methyl sites for hydroxylation is 1. The minimum atomic E-state index is -0.513. The smallest absolute Gasteiger partial charge is 0.242 e. The molecule has 0 fully saturated rings. The molecule has 0 saturated carbocycles. The molecular formula is C24H32N2O2. The fourth-order valence-corrected chi connectivity index (χ4v) is 3.14. The van der Waals surface area contributed by atoms with Crippen molar-refractivity contribution in [1.82, 2.24) is 10.2 Å². The van der Waals surface area contributed by atoms with Gasteiger partial charge in [0.05, 0.1) is 0 Å². The quantitative estimate of drug-likeness (QED) is 0.787. The van der Waals surface area contributed by atoms with Crippen LogP contribution in [-0.2, 0) is 28.0 Å². The number of amides is 2. The number of likely N-dealkylation sites (N-methyl/N-ethyl adjacent to an activating group) is 1. The Bertz CT molecular complexity index is 777. The van der Waals surface area contributed by atoms with E-state index in [0.717, 1.165) is 11.1 Å². The van der Waals surface area contributed by atoms with E-state index in [2.05, 4.69) is 50.4 Å². The topological polar surface area (TPSA) is 49.4 Å². The van der Waals surface area contributed by atoms with Crippen LogP contribution in [0.5, 0.6) is 0 Å². The zero-order chi connectivity index (χ0) is 20.7. The van der Waals surface area contributed by atoms with Crippen LogP contribution in [0, 0.1) is 0 Å². The number of carbonyl (C=O) groups excluding carboxylic acids is 2. The normalized spacial score (nSPS) is 12.3. The molecule has 2 aromatic rings. The Morgan fingerprint density at radius 3 is 2.11 bits per heavy atom. The van der Waals surface area contributed by atoms with Gasteiger partial charge in [-0.1, -0.05) is 75.4 Å². The van der Waals surface area contributed by atoms with Crippen LogP contribution in [0.25, 0.3) is 0 Å². The lowest BCUT2D eigenvalue weighted by Crippen LogP contribution is -2.46. The lowest BCUT2D eigenvalue weighted by atomic mass is 9.86. The van der Waals surface area contributed by atoms with Crippen LogP contribution in [-0.4, -0.2) is 29.8 Å². The maximum absolute atomic E-state index is 13.0. The van der Waals surface area contributed by atoms with Gasteiger partial charge in [-0.05, 0) is 35.4 Å². The molecule has 0 aliphatic rings. The standard InChI is InChI=1S/C24H32N2O2/c1-18(23(28)25-5)26(17-20-9-7-6-8-10-20)22(27)16-13-19-11-14-21(15-12-19)24(2,3)4/h6-12,14-15,18H,13,16-17H2,1-5H3,(H,25,28)/t18-/m1/s1. The molecule has 0 radical (unpaired) electrons. The molecule has 2 amide bonds. The van der Waals surface area contributed by atoms with E-state index in [1.54, 1.807) is 18.9 Å². The molecule has 1 N–H and O–H groups in total. The van der Waals surface area contributed by atoms with Gasteiger partial charge in [-0.2, -0.15) is 0 Å². The van der Waals surface area contributed by atoms with Crippen molar-refractivity contribution in [2.45, 2.75) is 58.5 Å². The van der Waals surface area contributed by atoms with Gasteiger partial charge in [0.25, 0.3) is 0 Å². The second-order valence-corrected chi connectivity index (χ2v) is 8.24. The van der Waals surface area contributed by atoms with Gasteiger partial charge in [-0.25, -0.2) is 0 Å². The van der Waals surface area contributed by atoms with Crippen molar-refractivity contribution in [3.05, 3.63) is 71.3 Å². The molecule has 0 spiro atoms. The largest absolute Gasteiger partial charge is 0.357 e. The first-order valence-electron chi connectivity index (χ1n) is 9.87. The molecule has 1 atom stereocenters. The van der Waals surface area contributed by atoms with E-state index < -0.39 is 6.04 Å². The van der Waals surface area contributed by atoms with Gasteiger partial charge in [-0.15, -0.1) is 0 Å². The lowest BCUT2D eigenvalue weighted by molar-refractivity contribution is -0.140. The van der Waals surface area contributed by atoms with Gasteiger partial charge in [0.1, 0.15) is 6.04 Å². The van der Waals surface area contributed by atoms with Crippen molar-refractivity contribution in [1.29, 1.82) is 0 Å². The maximum atomic E-state index is 13.0. The van der Waals surface area contributed by atoms with Crippen LogP contribution < -0.4 is 5.32 Å². The van der Waals surface area contributed by atoms with E-state index in [1.165, 1.54) is 5.56 Å². The first-order valence-corrected chi connectivity index (χ1v) is 9.87. The lowest BCUT2D eigenvalue weighted by Gasteiger charge is -2.28. The molecule has 4 heteroatoms. The summed E-state index contributed by atoms with van der Waals surface area (Å²) in [6.45, 7) is 8.77. The number of carbonyl (C=O) groups is 2. The van der Waals surface area contributed by atoms with Crippen LogP contribution in [0.4, 0.5) is 0 Å². The summed E-state index contributed by atoms with van der Waals surface area (Å²) in [6.07, 6.45) is 1.04. The molecule has 150 valence electrons. The van der Waals surface area contributed by atoms with E-state index >= 15 is 0 Å². The fraction of sp³-hybridized carbons (Fsp3) is 0.417. The molecule has 0 aromatic heterocycles. The Labute approximate surface area is 169 Å². The first-order chi connectivity index (χ1) is 13.2. The van der Waals surface area contributed by atoms with Crippen LogP contribution in [0.3, 0.4) is 0 Å². The number of nitrogens with one attached hydrogen (secondary N) is 1. The SMILES string of the molecule is CNC(=O)[C@@H](C)N(Cc1ccccc1)C(=O)CCc1ccc(C(C)(C)C)cc1. The van der Waals surface area contributed by atoms with Gasteiger partial charge in [-0.3, -0.25) is 9.59 Å². The number of benzene rings is 2. The molecule has 2 aromatic carbocycles. The summed E-state index contributed by atoms with van der Waals surface area (Å²) in [4.78, 5) is 26.8. The van der Waals surface area contributed by atoms with Crippen LogP contribution in [0.1, 0.15) is 50.8 Å². The van der Waals surface area contributed by atoms with Gasteiger partial charge in [0.2, 0.25) is 11.8 Å². The molecule has 28 heavy (non-hydrogen) atoms. The average molecular weight is 381 g/mol. The summed E-state index contributed by atoms with van der Waals surface area (Å²) >= 11 is 0. The third-order valence-corrected chi connectivity index (χ3v) is 5.06. The van der Waals surface area contributed by atoms with E-state index in [4.69, 9.17) is 0 Å². The molecule has 0 bridgehead atoms. The molecular weight excluding hydrogens is 348 g/mol. The summed E-state index contributed by atoms with van der Waals surface area (Å²) in [5.41, 5.74) is 3.54. The predicted molar refractivity (Wildman–Crippen MR) is 114 cm³/mol. The Morgan fingerprint density at radius 1 is 0.964 bits per heavy atom. The molecule has 4 nitrogen and oxygen atoms in total. The minimum Gasteiger partial charge on any atom is -0.357 e. The predicted octanol–water partition coefficient (Wildman–Crippen LogP) is 4.08. The average Bonchev–Trinajstić information content (AvgIpc) is 2.69. The Kier molecular flexibility index (Phi) is 7.38.